The molecule has 2 rings (SSSR count). The summed E-state index contributed by atoms with van der Waals surface area (Å²) in [7, 11) is 0. The van der Waals surface area contributed by atoms with Crippen molar-refractivity contribution in [3.05, 3.63) is 28.8 Å². The Hall–Kier alpha value is -0.900. The van der Waals surface area contributed by atoms with Crippen LogP contribution in [0, 0.1) is 11.8 Å². The lowest BCUT2D eigenvalue weighted by Crippen LogP contribution is -2.35. The average Bonchev–Trinajstić information content (AvgIpc) is 2.36. The van der Waals surface area contributed by atoms with Gasteiger partial charge in [0.05, 0.1) is 16.3 Å². The third-order valence-corrected chi connectivity index (χ3v) is 4.67. The minimum atomic E-state index is -4.39. The zero-order valence-electron chi connectivity index (χ0n) is 11.6. The van der Waals surface area contributed by atoms with E-state index >= 15 is 0 Å². The van der Waals surface area contributed by atoms with Crippen molar-refractivity contribution < 1.29 is 13.2 Å². The summed E-state index contributed by atoms with van der Waals surface area (Å²) in [5, 5.41) is 3.18. The van der Waals surface area contributed by atoms with Gasteiger partial charge in [0.25, 0.3) is 0 Å². The first-order valence-electron chi connectivity index (χ1n) is 6.93. The van der Waals surface area contributed by atoms with Crippen molar-refractivity contribution in [2.45, 2.75) is 45.3 Å². The van der Waals surface area contributed by atoms with E-state index in [-0.39, 0.29) is 16.8 Å². The fourth-order valence-corrected chi connectivity index (χ4v) is 3.11. The highest BCUT2D eigenvalue weighted by Gasteiger charge is 2.36. The zero-order chi connectivity index (χ0) is 14.9. The Morgan fingerprint density at radius 1 is 1.20 bits per heavy atom. The maximum atomic E-state index is 13.1. The molecule has 0 aliphatic heterocycles. The number of hydrogen-bond donors (Lipinski definition) is 1. The number of alkyl halides is 3. The van der Waals surface area contributed by atoms with Gasteiger partial charge in [-0.05, 0) is 30.4 Å². The van der Waals surface area contributed by atoms with Gasteiger partial charge < -0.3 is 5.32 Å². The van der Waals surface area contributed by atoms with E-state index in [0.29, 0.717) is 11.8 Å². The minimum absolute atomic E-state index is 0.0209. The van der Waals surface area contributed by atoms with E-state index in [9.17, 15) is 13.2 Å². The second-order valence-electron chi connectivity index (χ2n) is 5.68. The Bertz CT molecular complexity index is 473. The summed E-state index contributed by atoms with van der Waals surface area (Å²) in [6.45, 7) is 4.24. The van der Waals surface area contributed by atoms with Crippen LogP contribution in [-0.2, 0) is 6.18 Å². The van der Waals surface area contributed by atoms with Crippen LogP contribution in [0.15, 0.2) is 18.2 Å². The van der Waals surface area contributed by atoms with Crippen LogP contribution in [0.5, 0.6) is 0 Å². The topological polar surface area (TPSA) is 12.0 Å². The number of anilines is 1. The highest BCUT2D eigenvalue weighted by molar-refractivity contribution is 6.33. The summed E-state index contributed by atoms with van der Waals surface area (Å²) in [6.07, 6.45) is -1.34. The van der Waals surface area contributed by atoms with Crippen LogP contribution in [0.1, 0.15) is 38.7 Å². The maximum absolute atomic E-state index is 13.1. The normalized spacial score (nSPS) is 27.4. The van der Waals surface area contributed by atoms with Crippen LogP contribution in [0.2, 0.25) is 5.02 Å². The van der Waals surface area contributed by atoms with Crippen molar-refractivity contribution >= 4 is 17.3 Å². The fourth-order valence-electron chi connectivity index (χ4n) is 2.88. The SMILES string of the molecule is CC1CCCC(Nc2c(Cl)cccc2C(F)(F)F)C1C. The minimum Gasteiger partial charge on any atom is -0.380 e. The summed E-state index contributed by atoms with van der Waals surface area (Å²) in [6, 6.07) is 3.95. The molecule has 1 nitrogen and oxygen atoms in total. The molecule has 0 saturated heterocycles. The van der Waals surface area contributed by atoms with Gasteiger partial charge in [-0.15, -0.1) is 0 Å². The van der Waals surface area contributed by atoms with Crippen LogP contribution >= 0.6 is 11.6 Å². The molecule has 1 aliphatic carbocycles. The third kappa shape index (κ3) is 3.22. The smallest absolute Gasteiger partial charge is 0.380 e. The van der Waals surface area contributed by atoms with Gasteiger partial charge in [-0.2, -0.15) is 13.2 Å². The molecule has 1 aromatic rings. The lowest BCUT2D eigenvalue weighted by molar-refractivity contribution is -0.137. The van der Waals surface area contributed by atoms with E-state index in [0.717, 1.165) is 25.3 Å². The molecule has 20 heavy (non-hydrogen) atoms. The molecule has 0 radical (unpaired) electrons. The van der Waals surface area contributed by atoms with Crippen LogP contribution in [0.3, 0.4) is 0 Å². The van der Waals surface area contributed by atoms with Crippen molar-refractivity contribution in [3.8, 4) is 0 Å². The highest BCUT2D eigenvalue weighted by atomic mass is 35.5. The molecule has 3 atom stereocenters. The lowest BCUT2D eigenvalue weighted by Gasteiger charge is -2.36. The number of rotatable bonds is 2. The number of halogens is 4. The van der Waals surface area contributed by atoms with E-state index in [1.807, 2.05) is 0 Å². The largest absolute Gasteiger partial charge is 0.418 e. The Balaban J connectivity index is 2.29. The molecule has 1 fully saturated rings. The van der Waals surface area contributed by atoms with Gasteiger partial charge in [-0.3, -0.25) is 0 Å². The summed E-state index contributed by atoms with van der Waals surface area (Å²) in [5.74, 6) is 0.846. The first-order chi connectivity index (χ1) is 9.30. The van der Waals surface area contributed by atoms with Gasteiger partial charge >= 0.3 is 6.18 Å². The molecule has 0 amide bonds. The second-order valence-corrected chi connectivity index (χ2v) is 6.09. The molecular formula is C15H19ClF3N. The number of hydrogen-bond acceptors (Lipinski definition) is 1. The molecule has 0 spiro atoms. The monoisotopic (exact) mass is 305 g/mol. The van der Waals surface area contributed by atoms with Crippen LogP contribution < -0.4 is 5.32 Å². The summed E-state index contributed by atoms with van der Waals surface area (Å²) in [5.41, 5.74) is -0.664. The molecule has 112 valence electrons. The van der Waals surface area contributed by atoms with Crippen LogP contribution in [0.4, 0.5) is 18.9 Å². The first kappa shape index (κ1) is 15.5. The summed E-state index contributed by atoms with van der Waals surface area (Å²) < 4.78 is 39.2. The van der Waals surface area contributed by atoms with Gasteiger partial charge in [-0.25, -0.2) is 0 Å². The summed E-state index contributed by atoms with van der Waals surface area (Å²) in [4.78, 5) is 0. The van der Waals surface area contributed by atoms with Gasteiger partial charge in [-0.1, -0.05) is 44.4 Å². The average molecular weight is 306 g/mol. The molecular weight excluding hydrogens is 287 g/mol. The predicted molar refractivity (Wildman–Crippen MR) is 76.0 cm³/mol. The second kappa shape index (κ2) is 5.84. The van der Waals surface area contributed by atoms with Crippen LogP contribution in [0.25, 0.3) is 0 Å². The molecule has 0 bridgehead atoms. The Morgan fingerprint density at radius 3 is 2.55 bits per heavy atom. The van der Waals surface area contributed by atoms with Crippen molar-refractivity contribution in [1.29, 1.82) is 0 Å². The molecule has 1 N–H and O–H groups in total. The van der Waals surface area contributed by atoms with Gasteiger partial charge in [0.15, 0.2) is 0 Å². The Morgan fingerprint density at radius 2 is 1.90 bits per heavy atom. The molecule has 0 aromatic heterocycles. The molecule has 1 aliphatic rings. The van der Waals surface area contributed by atoms with E-state index < -0.39 is 11.7 Å². The molecule has 3 unspecified atom stereocenters. The predicted octanol–water partition coefficient (Wildman–Crippen LogP) is 5.60. The molecule has 1 aromatic carbocycles. The van der Waals surface area contributed by atoms with E-state index in [2.05, 4.69) is 19.2 Å². The number of benzene rings is 1. The van der Waals surface area contributed by atoms with E-state index in [4.69, 9.17) is 11.6 Å². The van der Waals surface area contributed by atoms with Crippen molar-refractivity contribution in [2.24, 2.45) is 11.8 Å². The molecule has 1 saturated carbocycles. The fraction of sp³-hybridized carbons (Fsp3) is 0.600. The summed E-state index contributed by atoms with van der Waals surface area (Å²) >= 11 is 5.98. The zero-order valence-corrected chi connectivity index (χ0v) is 12.4. The first-order valence-corrected chi connectivity index (χ1v) is 7.30. The lowest BCUT2D eigenvalue weighted by atomic mass is 9.78. The number of nitrogens with one attached hydrogen (secondary N) is 1. The van der Waals surface area contributed by atoms with E-state index in [1.165, 1.54) is 12.1 Å². The quantitative estimate of drug-likeness (QED) is 0.750. The Kier molecular flexibility index (Phi) is 4.52. The van der Waals surface area contributed by atoms with Gasteiger partial charge in [0, 0.05) is 6.04 Å². The number of para-hydroxylation sites is 1. The van der Waals surface area contributed by atoms with E-state index in [1.54, 1.807) is 0 Å². The standard InChI is InChI=1S/C15H19ClF3N/c1-9-5-3-8-13(10(9)2)20-14-11(15(17,18)19)6-4-7-12(14)16/h4,6-7,9-10,13,20H,3,5,8H2,1-2H3. The van der Waals surface area contributed by atoms with Crippen LogP contribution in [-0.4, -0.2) is 6.04 Å². The molecule has 5 heteroatoms. The molecule has 0 heterocycles. The van der Waals surface area contributed by atoms with Crippen molar-refractivity contribution in [1.82, 2.24) is 0 Å². The van der Waals surface area contributed by atoms with Crippen molar-refractivity contribution in [3.63, 3.8) is 0 Å². The highest BCUT2D eigenvalue weighted by Crippen LogP contribution is 2.40. The maximum Gasteiger partial charge on any atom is 0.418 e. The third-order valence-electron chi connectivity index (χ3n) is 4.36. The Labute approximate surface area is 122 Å². The van der Waals surface area contributed by atoms with Gasteiger partial charge in [0.1, 0.15) is 0 Å². The van der Waals surface area contributed by atoms with Crippen molar-refractivity contribution in [2.75, 3.05) is 5.32 Å². The van der Waals surface area contributed by atoms with Gasteiger partial charge in [0.2, 0.25) is 0 Å².